The first-order valence-corrected chi connectivity index (χ1v) is 9.29. The van der Waals surface area contributed by atoms with Crippen LogP contribution in [0.5, 0.6) is 5.75 Å². The monoisotopic (exact) mass is 368 g/mol. The van der Waals surface area contributed by atoms with Gasteiger partial charge < -0.3 is 15.0 Å². The van der Waals surface area contributed by atoms with Gasteiger partial charge in [-0.1, -0.05) is 49.4 Å². The Kier molecular flexibility index (Phi) is 7.86. The van der Waals surface area contributed by atoms with Crippen molar-refractivity contribution in [1.29, 1.82) is 0 Å². The van der Waals surface area contributed by atoms with E-state index in [1.807, 2.05) is 61.5 Å². The second-order valence-electron chi connectivity index (χ2n) is 6.43. The number of benzene rings is 2. The van der Waals surface area contributed by atoms with E-state index in [1.54, 1.807) is 18.9 Å². The maximum absolute atomic E-state index is 12.6. The van der Waals surface area contributed by atoms with Crippen molar-refractivity contribution >= 4 is 11.8 Å². The highest BCUT2D eigenvalue weighted by atomic mass is 16.5. The minimum atomic E-state index is -0.532. The van der Waals surface area contributed by atoms with Crippen LogP contribution in [0.1, 0.15) is 31.4 Å². The number of hydrogen-bond acceptors (Lipinski definition) is 3. The minimum Gasteiger partial charge on any atom is -0.497 e. The molecule has 0 unspecified atom stereocenters. The molecule has 2 aromatic carbocycles. The van der Waals surface area contributed by atoms with E-state index in [0.29, 0.717) is 19.5 Å². The molecule has 0 heterocycles. The quantitative estimate of drug-likeness (QED) is 0.740. The average molecular weight is 368 g/mol. The molecule has 0 aliphatic rings. The zero-order valence-electron chi connectivity index (χ0n) is 16.3. The summed E-state index contributed by atoms with van der Waals surface area (Å²) in [5.74, 6) is 0.580. The molecular weight excluding hydrogens is 340 g/mol. The SMILES string of the molecule is CCC(=O)N(Cc1ccc(OC)cc1)[C@H](C)C(=O)NCCc1ccccc1. The molecule has 5 heteroatoms. The lowest BCUT2D eigenvalue weighted by Crippen LogP contribution is -2.47. The van der Waals surface area contributed by atoms with Crippen molar-refractivity contribution in [3.8, 4) is 5.75 Å². The van der Waals surface area contributed by atoms with Gasteiger partial charge in [0, 0.05) is 19.5 Å². The van der Waals surface area contributed by atoms with Crippen LogP contribution in [-0.2, 0) is 22.6 Å². The predicted molar refractivity (Wildman–Crippen MR) is 106 cm³/mol. The Hall–Kier alpha value is -2.82. The summed E-state index contributed by atoms with van der Waals surface area (Å²) in [4.78, 5) is 26.6. The normalized spacial score (nSPS) is 11.5. The molecule has 2 amide bonds. The maximum Gasteiger partial charge on any atom is 0.242 e. The van der Waals surface area contributed by atoms with Crippen molar-refractivity contribution in [2.24, 2.45) is 0 Å². The van der Waals surface area contributed by atoms with Crippen LogP contribution in [-0.4, -0.2) is 36.4 Å². The van der Waals surface area contributed by atoms with Crippen LogP contribution in [0, 0.1) is 0 Å². The van der Waals surface area contributed by atoms with Gasteiger partial charge in [-0.3, -0.25) is 9.59 Å². The summed E-state index contributed by atoms with van der Waals surface area (Å²) in [7, 11) is 1.61. The summed E-state index contributed by atoms with van der Waals surface area (Å²) in [5, 5.41) is 2.94. The molecule has 0 spiro atoms. The van der Waals surface area contributed by atoms with Crippen molar-refractivity contribution in [2.45, 2.75) is 39.3 Å². The molecule has 5 nitrogen and oxygen atoms in total. The van der Waals surface area contributed by atoms with Gasteiger partial charge in [0.15, 0.2) is 0 Å². The van der Waals surface area contributed by atoms with Crippen LogP contribution in [0.3, 0.4) is 0 Å². The van der Waals surface area contributed by atoms with Gasteiger partial charge in [0.05, 0.1) is 7.11 Å². The molecular formula is C22H28N2O3. The number of ether oxygens (including phenoxy) is 1. The van der Waals surface area contributed by atoms with E-state index in [2.05, 4.69) is 5.32 Å². The largest absolute Gasteiger partial charge is 0.497 e. The molecule has 0 aromatic heterocycles. The first kappa shape index (κ1) is 20.5. The molecule has 1 atom stereocenters. The molecule has 2 aromatic rings. The number of carbonyl (C=O) groups is 2. The highest BCUT2D eigenvalue weighted by molar-refractivity contribution is 5.87. The van der Waals surface area contributed by atoms with Crippen LogP contribution in [0.2, 0.25) is 0 Å². The molecule has 0 radical (unpaired) electrons. The molecule has 27 heavy (non-hydrogen) atoms. The summed E-state index contributed by atoms with van der Waals surface area (Å²) in [6, 6.07) is 17.0. The first-order chi connectivity index (χ1) is 13.0. The second kappa shape index (κ2) is 10.4. The highest BCUT2D eigenvalue weighted by Gasteiger charge is 2.24. The van der Waals surface area contributed by atoms with Gasteiger partial charge in [-0.2, -0.15) is 0 Å². The molecule has 0 saturated heterocycles. The van der Waals surface area contributed by atoms with Crippen molar-refractivity contribution in [3.63, 3.8) is 0 Å². The lowest BCUT2D eigenvalue weighted by molar-refractivity contribution is -0.140. The molecule has 0 aliphatic heterocycles. The summed E-state index contributed by atoms with van der Waals surface area (Å²) in [5.41, 5.74) is 2.13. The summed E-state index contributed by atoms with van der Waals surface area (Å²) < 4.78 is 5.16. The lowest BCUT2D eigenvalue weighted by Gasteiger charge is -2.28. The molecule has 0 aliphatic carbocycles. The molecule has 0 bridgehead atoms. The van der Waals surface area contributed by atoms with E-state index >= 15 is 0 Å². The number of carbonyl (C=O) groups excluding carboxylic acids is 2. The Morgan fingerprint density at radius 1 is 1.04 bits per heavy atom. The van der Waals surface area contributed by atoms with E-state index in [4.69, 9.17) is 4.74 Å². The van der Waals surface area contributed by atoms with Gasteiger partial charge in [0.2, 0.25) is 11.8 Å². The van der Waals surface area contributed by atoms with Crippen molar-refractivity contribution < 1.29 is 14.3 Å². The Morgan fingerprint density at radius 3 is 2.30 bits per heavy atom. The van der Waals surface area contributed by atoms with Gasteiger partial charge in [-0.05, 0) is 36.6 Å². The lowest BCUT2D eigenvalue weighted by atomic mass is 10.1. The Labute approximate surface area is 161 Å². The van der Waals surface area contributed by atoms with Crippen molar-refractivity contribution in [3.05, 3.63) is 65.7 Å². The van der Waals surface area contributed by atoms with Crippen LogP contribution in [0.15, 0.2) is 54.6 Å². The fraction of sp³-hybridized carbons (Fsp3) is 0.364. The predicted octanol–water partition coefficient (Wildman–Crippen LogP) is 3.18. The number of nitrogens with zero attached hydrogens (tertiary/aromatic N) is 1. The molecule has 1 N–H and O–H groups in total. The Bertz CT molecular complexity index is 729. The average Bonchev–Trinajstić information content (AvgIpc) is 2.72. The standard InChI is InChI=1S/C22H28N2O3/c1-4-21(25)24(16-19-10-12-20(27-3)13-11-19)17(2)22(26)23-15-14-18-8-6-5-7-9-18/h5-13,17H,4,14-16H2,1-3H3,(H,23,26)/t17-/m1/s1. The fourth-order valence-electron chi connectivity index (χ4n) is 2.84. The number of hydrogen-bond donors (Lipinski definition) is 1. The van der Waals surface area contributed by atoms with E-state index < -0.39 is 6.04 Å². The summed E-state index contributed by atoms with van der Waals surface area (Å²) >= 11 is 0. The van der Waals surface area contributed by atoms with Gasteiger partial charge >= 0.3 is 0 Å². The van der Waals surface area contributed by atoms with Crippen LogP contribution < -0.4 is 10.1 Å². The topological polar surface area (TPSA) is 58.6 Å². The van der Waals surface area contributed by atoms with Gasteiger partial charge in [0.25, 0.3) is 0 Å². The number of methoxy groups -OCH3 is 1. The Morgan fingerprint density at radius 2 is 1.70 bits per heavy atom. The first-order valence-electron chi connectivity index (χ1n) is 9.29. The van der Waals surface area contributed by atoms with E-state index in [9.17, 15) is 9.59 Å². The van der Waals surface area contributed by atoms with Crippen molar-refractivity contribution in [1.82, 2.24) is 10.2 Å². The van der Waals surface area contributed by atoms with E-state index in [0.717, 1.165) is 17.7 Å². The third-order valence-corrected chi connectivity index (χ3v) is 4.54. The third-order valence-electron chi connectivity index (χ3n) is 4.54. The second-order valence-corrected chi connectivity index (χ2v) is 6.43. The maximum atomic E-state index is 12.6. The molecule has 144 valence electrons. The smallest absolute Gasteiger partial charge is 0.242 e. The zero-order valence-corrected chi connectivity index (χ0v) is 16.3. The van der Waals surface area contributed by atoms with Gasteiger partial charge in [-0.25, -0.2) is 0 Å². The minimum absolute atomic E-state index is 0.0449. The number of rotatable bonds is 9. The van der Waals surface area contributed by atoms with Crippen LogP contribution in [0.25, 0.3) is 0 Å². The van der Waals surface area contributed by atoms with Crippen LogP contribution >= 0.6 is 0 Å². The van der Waals surface area contributed by atoms with E-state index in [1.165, 1.54) is 5.56 Å². The molecule has 0 fully saturated rings. The highest BCUT2D eigenvalue weighted by Crippen LogP contribution is 2.15. The molecule has 0 saturated carbocycles. The van der Waals surface area contributed by atoms with E-state index in [-0.39, 0.29) is 11.8 Å². The van der Waals surface area contributed by atoms with Gasteiger partial charge in [-0.15, -0.1) is 0 Å². The number of nitrogens with one attached hydrogen (secondary N) is 1. The third kappa shape index (κ3) is 6.13. The summed E-state index contributed by atoms with van der Waals surface area (Å²) in [6.45, 7) is 4.52. The van der Waals surface area contributed by atoms with Crippen LogP contribution in [0.4, 0.5) is 0 Å². The number of amides is 2. The Balaban J connectivity index is 1.96. The van der Waals surface area contributed by atoms with Crippen molar-refractivity contribution in [2.75, 3.05) is 13.7 Å². The van der Waals surface area contributed by atoms with Gasteiger partial charge in [0.1, 0.15) is 11.8 Å². The zero-order chi connectivity index (χ0) is 19.6. The molecule has 2 rings (SSSR count). The fourth-order valence-corrected chi connectivity index (χ4v) is 2.84. The summed E-state index contributed by atoms with van der Waals surface area (Å²) in [6.07, 6.45) is 1.12.